The van der Waals surface area contributed by atoms with Crippen LogP contribution in [0.1, 0.15) is 44.9 Å². The summed E-state index contributed by atoms with van der Waals surface area (Å²) in [5, 5.41) is 3.40. The SMILES string of the molecule is CC(C)N1CCC(c2nccn2CCC2CNCCO2)CC1. The number of nitrogens with zero attached hydrogens (tertiary/aromatic N) is 3. The zero-order chi connectivity index (χ0) is 15.4. The lowest BCUT2D eigenvalue weighted by Crippen LogP contribution is -2.39. The molecule has 1 N–H and O–H groups in total. The maximum absolute atomic E-state index is 5.80. The molecule has 2 saturated heterocycles. The molecule has 1 atom stereocenters. The molecule has 0 saturated carbocycles. The molecule has 5 nitrogen and oxygen atoms in total. The van der Waals surface area contributed by atoms with Crippen molar-refractivity contribution in [2.45, 2.75) is 57.7 Å². The predicted molar refractivity (Wildman–Crippen MR) is 88.1 cm³/mol. The van der Waals surface area contributed by atoms with E-state index in [2.05, 4.69) is 39.8 Å². The first-order chi connectivity index (χ1) is 10.7. The molecule has 2 aliphatic rings. The molecule has 124 valence electrons. The van der Waals surface area contributed by atoms with Crippen molar-refractivity contribution in [1.29, 1.82) is 0 Å². The highest BCUT2D eigenvalue weighted by molar-refractivity contribution is 5.03. The third kappa shape index (κ3) is 3.89. The van der Waals surface area contributed by atoms with Crippen molar-refractivity contribution >= 4 is 0 Å². The van der Waals surface area contributed by atoms with Gasteiger partial charge in [0.1, 0.15) is 5.82 Å². The highest BCUT2D eigenvalue weighted by Crippen LogP contribution is 2.28. The van der Waals surface area contributed by atoms with Gasteiger partial charge in [0.05, 0.1) is 12.7 Å². The van der Waals surface area contributed by atoms with Gasteiger partial charge < -0.3 is 19.5 Å². The van der Waals surface area contributed by atoms with Gasteiger partial charge in [-0.25, -0.2) is 4.98 Å². The van der Waals surface area contributed by atoms with Gasteiger partial charge in [-0.1, -0.05) is 0 Å². The first-order valence-electron chi connectivity index (χ1n) is 8.81. The molecule has 1 unspecified atom stereocenters. The predicted octanol–water partition coefficient (Wildman–Crippen LogP) is 1.85. The van der Waals surface area contributed by atoms with Crippen LogP contribution in [0.15, 0.2) is 12.4 Å². The quantitative estimate of drug-likeness (QED) is 0.901. The average Bonchev–Trinajstić information content (AvgIpc) is 3.02. The third-order valence-electron chi connectivity index (χ3n) is 5.07. The van der Waals surface area contributed by atoms with E-state index < -0.39 is 0 Å². The first-order valence-corrected chi connectivity index (χ1v) is 8.81. The fourth-order valence-corrected chi connectivity index (χ4v) is 3.63. The molecule has 0 amide bonds. The smallest absolute Gasteiger partial charge is 0.111 e. The summed E-state index contributed by atoms with van der Waals surface area (Å²) in [4.78, 5) is 7.24. The highest BCUT2D eigenvalue weighted by atomic mass is 16.5. The van der Waals surface area contributed by atoms with E-state index in [4.69, 9.17) is 4.74 Å². The van der Waals surface area contributed by atoms with E-state index in [1.54, 1.807) is 0 Å². The van der Waals surface area contributed by atoms with Gasteiger partial charge in [-0.15, -0.1) is 0 Å². The third-order valence-corrected chi connectivity index (χ3v) is 5.07. The summed E-state index contributed by atoms with van der Waals surface area (Å²) in [5.74, 6) is 1.91. The van der Waals surface area contributed by atoms with Crippen molar-refractivity contribution in [2.75, 3.05) is 32.8 Å². The maximum Gasteiger partial charge on any atom is 0.111 e. The van der Waals surface area contributed by atoms with Crippen LogP contribution >= 0.6 is 0 Å². The molecule has 2 aliphatic heterocycles. The Morgan fingerprint density at radius 2 is 2.18 bits per heavy atom. The summed E-state index contributed by atoms with van der Waals surface area (Å²) >= 11 is 0. The van der Waals surface area contributed by atoms with Crippen LogP contribution in [0.4, 0.5) is 0 Å². The lowest BCUT2D eigenvalue weighted by molar-refractivity contribution is 0.0208. The van der Waals surface area contributed by atoms with Crippen LogP contribution < -0.4 is 5.32 Å². The number of aromatic nitrogens is 2. The Labute approximate surface area is 134 Å². The lowest BCUT2D eigenvalue weighted by Gasteiger charge is -2.34. The number of aryl methyl sites for hydroxylation is 1. The van der Waals surface area contributed by atoms with Crippen LogP contribution in [0.2, 0.25) is 0 Å². The molecular weight excluding hydrogens is 276 g/mol. The summed E-state index contributed by atoms with van der Waals surface area (Å²) in [6, 6.07) is 0.664. The van der Waals surface area contributed by atoms with Crippen molar-refractivity contribution in [3.8, 4) is 0 Å². The van der Waals surface area contributed by atoms with E-state index in [1.165, 1.54) is 31.8 Å². The van der Waals surface area contributed by atoms with Gasteiger partial charge in [-0.05, 0) is 46.2 Å². The number of piperidine rings is 1. The fraction of sp³-hybridized carbons (Fsp3) is 0.824. The number of nitrogens with one attached hydrogen (secondary N) is 1. The number of hydrogen-bond donors (Lipinski definition) is 1. The second-order valence-electron chi connectivity index (χ2n) is 6.87. The van der Waals surface area contributed by atoms with Gasteiger partial charge >= 0.3 is 0 Å². The lowest BCUT2D eigenvalue weighted by atomic mass is 9.95. The van der Waals surface area contributed by atoms with Gasteiger partial charge in [0.15, 0.2) is 0 Å². The molecule has 0 aliphatic carbocycles. The molecule has 1 aromatic heterocycles. The number of ether oxygens (including phenoxy) is 1. The summed E-state index contributed by atoms with van der Waals surface area (Å²) < 4.78 is 8.15. The Bertz CT molecular complexity index is 445. The fourth-order valence-electron chi connectivity index (χ4n) is 3.63. The Morgan fingerprint density at radius 1 is 1.36 bits per heavy atom. The summed E-state index contributed by atoms with van der Waals surface area (Å²) in [7, 11) is 0. The normalized spacial score (nSPS) is 25.0. The number of likely N-dealkylation sites (tertiary alicyclic amines) is 1. The minimum absolute atomic E-state index is 0.354. The van der Waals surface area contributed by atoms with Gasteiger partial charge in [0.2, 0.25) is 0 Å². The zero-order valence-corrected chi connectivity index (χ0v) is 14.0. The van der Waals surface area contributed by atoms with E-state index in [0.29, 0.717) is 18.1 Å². The Kier molecular flexibility index (Phi) is 5.50. The van der Waals surface area contributed by atoms with E-state index in [-0.39, 0.29) is 0 Å². The molecule has 1 aromatic rings. The van der Waals surface area contributed by atoms with Crippen molar-refractivity contribution in [3.63, 3.8) is 0 Å². The number of hydrogen-bond acceptors (Lipinski definition) is 4. The summed E-state index contributed by atoms with van der Waals surface area (Å²) in [5.41, 5.74) is 0. The highest BCUT2D eigenvalue weighted by Gasteiger charge is 2.25. The first kappa shape index (κ1) is 16.0. The zero-order valence-electron chi connectivity index (χ0n) is 14.0. The summed E-state index contributed by atoms with van der Waals surface area (Å²) in [6.07, 6.45) is 7.99. The molecule has 0 bridgehead atoms. The van der Waals surface area contributed by atoms with Crippen LogP contribution in [-0.4, -0.2) is 59.4 Å². The molecule has 3 heterocycles. The van der Waals surface area contributed by atoms with Crippen LogP contribution in [0.25, 0.3) is 0 Å². The molecule has 22 heavy (non-hydrogen) atoms. The van der Waals surface area contributed by atoms with Crippen LogP contribution in [0.3, 0.4) is 0 Å². The van der Waals surface area contributed by atoms with Crippen LogP contribution in [0, 0.1) is 0 Å². The van der Waals surface area contributed by atoms with Gasteiger partial charge in [-0.3, -0.25) is 0 Å². The largest absolute Gasteiger partial charge is 0.376 e. The maximum atomic E-state index is 5.80. The van der Waals surface area contributed by atoms with Crippen molar-refractivity contribution in [1.82, 2.24) is 19.8 Å². The molecule has 3 rings (SSSR count). The van der Waals surface area contributed by atoms with Gasteiger partial charge in [0.25, 0.3) is 0 Å². The van der Waals surface area contributed by atoms with Gasteiger partial charge in [-0.2, -0.15) is 0 Å². The number of imidazole rings is 1. The molecule has 0 aromatic carbocycles. The molecule has 0 spiro atoms. The second-order valence-corrected chi connectivity index (χ2v) is 6.87. The van der Waals surface area contributed by atoms with Crippen LogP contribution in [0.5, 0.6) is 0 Å². The van der Waals surface area contributed by atoms with E-state index in [0.717, 1.165) is 32.7 Å². The van der Waals surface area contributed by atoms with E-state index >= 15 is 0 Å². The minimum Gasteiger partial charge on any atom is -0.376 e. The number of rotatable bonds is 5. The monoisotopic (exact) mass is 306 g/mol. The van der Waals surface area contributed by atoms with E-state index in [9.17, 15) is 0 Å². The molecule has 5 heteroatoms. The van der Waals surface area contributed by atoms with Crippen molar-refractivity contribution in [3.05, 3.63) is 18.2 Å². The second kappa shape index (κ2) is 7.57. The van der Waals surface area contributed by atoms with Crippen molar-refractivity contribution in [2.24, 2.45) is 0 Å². The van der Waals surface area contributed by atoms with Gasteiger partial charge in [0, 0.05) is 44.0 Å². The number of morpholine rings is 1. The average molecular weight is 306 g/mol. The standard InChI is InChI=1S/C17H30N4O/c1-14(2)20-8-3-15(4-9-20)17-19-6-11-21(17)10-5-16-13-18-7-12-22-16/h6,11,14-16,18H,3-5,7-10,12-13H2,1-2H3. The molecular formula is C17H30N4O. The van der Waals surface area contributed by atoms with Crippen LogP contribution in [-0.2, 0) is 11.3 Å². The Morgan fingerprint density at radius 3 is 2.86 bits per heavy atom. The topological polar surface area (TPSA) is 42.3 Å². The van der Waals surface area contributed by atoms with E-state index in [1.807, 2.05) is 6.20 Å². The summed E-state index contributed by atoms with van der Waals surface area (Å²) in [6.45, 7) is 10.8. The Hall–Kier alpha value is -0.910. The van der Waals surface area contributed by atoms with Crippen molar-refractivity contribution < 1.29 is 4.74 Å². The molecule has 2 fully saturated rings. The minimum atomic E-state index is 0.354. The Balaban J connectivity index is 1.53. The molecule has 0 radical (unpaired) electrons.